The zero-order valence-electron chi connectivity index (χ0n) is 6.74. The smallest absolute Gasteiger partial charge is 0.335 e. The van der Waals surface area contributed by atoms with Crippen molar-refractivity contribution in [2.75, 3.05) is 0 Å². The van der Waals surface area contributed by atoms with Gasteiger partial charge in [0.2, 0.25) is 0 Å². The summed E-state index contributed by atoms with van der Waals surface area (Å²) in [6, 6.07) is 2.96. The van der Waals surface area contributed by atoms with E-state index in [1.54, 1.807) is 6.92 Å². The molecule has 0 amide bonds. The molecule has 0 saturated carbocycles. The van der Waals surface area contributed by atoms with E-state index in [1.807, 2.05) is 0 Å². The quantitative estimate of drug-likeness (QED) is 0.723. The van der Waals surface area contributed by atoms with Gasteiger partial charge in [0.15, 0.2) is 0 Å². The summed E-state index contributed by atoms with van der Waals surface area (Å²) in [6.07, 6.45) is 1.47. The molecule has 0 unspecified atom stereocenters. The van der Waals surface area contributed by atoms with Gasteiger partial charge in [0.1, 0.15) is 0 Å². The van der Waals surface area contributed by atoms with Gasteiger partial charge in [0.25, 0.3) is 0 Å². The number of hydrogen-bond donors (Lipinski definition) is 1. The minimum Gasteiger partial charge on any atom is -0.478 e. The van der Waals surface area contributed by atoms with E-state index >= 15 is 0 Å². The van der Waals surface area contributed by atoms with Crippen LogP contribution in [0.25, 0.3) is 5.57 Å². The molecular formula is C9H9NO2. The first-order chi connectivity index (χ1) is 5.61. The van der Waals surface area contributed by atoms with E-state index in [0.717, 1.165) is 5.57 Å². The lowest BCUT2D eigenvalue weighted by Gasteiger charge is -1.98. The Balaban J connectivity index is 3.12. The average Bonchev–Trinajstić information content (AvgIpc) is 2.04. The molecule has 1 N–H and O–H groups in total. The van der Waals surface area contributed by atoms with Gasteiger partial charge in [-0.25, -0.2) is 4.79 Å². The molecule has 0 saturated heterocycles. The molecule has 1 aromatic rings. The number of carboxylic acid groups (broad SMARTS) is 1. The van der Waals surface area contributed by atoms with Crippen molar-refractivity contribution in [3.8, 4) is 0 Å². The molecule has 3 nitrogen and oxygen atoms in total. The Kier molecular flexibility index (Phi) is 2.24. The maximum Gasteiger partial charge on any atom is 0.335 e. The van der Waals surface area contributed by atoms with E-state index in [0.29, 0.717) is 5.69 Å². The van der Waals surface area contributed by atoms with Crippen molar-refractivity contribution in [3.63, 3.8) is 0 Å². The van der Waals surface area contributed by atoms with E-state index in [1.165, 1.54) is 18.3 Å². The molecule has 0 radical (unpaired) electrons. The molecule has 0 bridgehead atoms. The normalized spacial score (nSPS) is 9.42. The molecule has 1 heterocycles. The number of allylic oxidation sites excluding steroid dienone is 1. The number of pyridine rings is 1. The first kappa shape index (κ1) is 8.46. The predicted octanol–water partition coefficient (Wildman–Crippen LogP) is 1.81. The molecule has 0 aliphatic carbocycles. The van der Waals surface area contributed by atoms with Crippen molar-refractivity contribution < 1.29 is 9.90 Å². The standard InChI is InChI=1S/C9H9NO2/c1-6(2)8-5-7(9(11)12)3-4-10-8/h3-5H,1H2,2H3,(H,11,12). The van der Waals surface area contributed by atoms with Crippen molar-refractivity contribution in [3.05, 3.63) is 36.2 Å². The molecule has 0 spiro atoms. The Labute approximate surface area is 70.4 Å². The van der Waals surface area contributed by atoms with E-state index in [9.17, 15) is 4.79 Å². The van der Waals surface area contributed by atoms with Gasteiger partial charge in [-0.3, -0.25) is 4.98 Å². The largest absolute Gasteiger partial charge is 0.478 e. The first-order valence-corrected chi connectivity index (χ1v) is 3.46. The van der Waals surface area contributed by atoms with Crippen LogP contribution >= 0.6 is 0 Å². The fraction of sp³-hybridized carbons (Fsp3) is 0.111. The van der Waals surface area contributed by atoms with Crippen LogP contribution in [0.4, 0.5) is 0 Å². The molecule has 12 heavy (non-hydrogen) atoms. The summed E-state index contributed by atoms with van der Waals surface area (Å²) < 4.78 is 0. The predicted molar refractivity (Wildman–Crippen MR) is 45.9 cm³/mol. The van der Waals surface area contributed by atoms with E-state index in [-0.39, 0.29) is 5.56 Å². The number of rotatable bonds is 2. The lowest BCUT2D eigenvalue weighted by molar-refractivity contribution is 0.0696. The van der Waals surface area contributed by atoms with Gasteiger partial charge in [0, 0.05) is 6.20 Å². The SMILES string of the molecule is C=C(C)c1cc(C(=O)O)ccn1. The fourth-order valence-corrected chi connectivity index (χ4v) is 0.797. The topological polar surface area (TPSA) is 50.2 Å². The zero-order chi connectivity index (χ0) is 9.14. The van der Waals surface area contributed by atoms with Crippen molar-refractivity contribution in [1.29, 1.82) is 0 Å². The monoisotopic (exact) mass is 163 g/mol. The summed E-state index contributed by atoms with van der Waals surface area (Å²) in [5, 5.41) is 8.63. The first-order valence-electron chi connectivity index (χ1n) is 3.46. The molecular weight excluding hydrogens is 154 g/mol. The molecule has 0 aliphatic rings. The van der Waals surface area contributed by atoms with Crippen molar-refractivity contribution in [2.45, 2.75) is 6.92 Å². The molecule has 62 valence electrons. The van der Waals surface area contributed by atoms with Gasteiger partial charge in [0.05, 0.1) is 11.3 Å². The van der Waals surface area contributed by atoms with Crippen molar-refractivity contribution in [1.82, 2.24) is 4.98 Å². The van der Waals surface area contributed by atoms with Crippen LogP contribution in [0.2, 0.25) is 0 Å². The van der Waals surface area contributed by atoms with Crippen LogP contribution in [0.5, 0.6) is 0 Å². The Morgan fingerprint density at radius 2 is 2.33 bits per heavy atom. The minimum absolute atomic E-state index is 0.239. The van der Waals surface area contributed by atoms with Gasteiger partial charge in [-0.15, -0.1) is 0 Å². The zero-order valence-corrected chi connectivity index (χ0v) is 6.74. The molecule has 0 aromatic carbocycles. The third kappa shape index (κ3) is 1.69. The summed E-state index contributed by atoms with van der Waals surface area (Å²) >= 11 is 0. The number of aromatic nitrogens is 1. The van der Waals surface area contributed by atoms with Gasteiger partial charge in [-0.05, 0) is 24.6 Å². The number of nitrogens with zero attached hydrogens (tertiary/aromatic N) is 1. The third-order valence-corrected chi connectivity index (χ3v) is 1.44. The van der Waals surface area contributed by atoms with Crippen LogP contribution in [0.1, 0.15) is 23.0 Å². The highest BCUT2D eigenvalue weighted by Gasteiger charge is 2.03. The maximum atomic E-state index is 10.5. The number of carboxylic acids is 1. The second kappa shape index (κ2) is 3.17. The maximum absolute atomic E-state index is 10.5. The average molecular weight is 163 g/mol. The van der Waals surface area contributed by atoms with E-state index in [4.69, 9.17) is 5.11 Å². The van der Waals surface area contributed by atoms with E-state index in [2.05, 4.69) is 11.6 Å². The summed E-state index contributed by atoms with van der Waals surface area (Å²) in [5.41, 5.74) is 1.62. The van der Waals surface area contributed by atoms with Crippen LogP contribution in [0.3, 0.4) is 0 Å². The minimum atomic E-state index is -0.945. The Morgan fingerprint density at radius 1 is 1.67 bits per heavy atom. The summed E-state index contributed by atoms with van der Waals surface area (Å²) in [4.78, 5) is 14.5. The molecule has 1 rings (SSSR count). The molecule has 0 atom stereocenters. The highest BCUT2D eigenvalue weighted by Crippen LogP contribution is 2.09. The van der Waals surface area contributed by atoms with Crippen LogP contribution in [-0.4, -0.2) is 16.1 Å². The Bertz CT molecular complexity index is 302. The van der Waals surface area contributed by atoms with Crippen molar-refractivity contribution >= 4 is 11.5 Å². The Hall–Kier alpha value is -1.64. The van der Waals surface area contributed by atoms with E-state index < -0.39 is 5.97 Å². The van der Waals surface area contributed by atoms with Gasteiger partial charge >= 0.3 is 5.97 Å². The highest BCUT2D eigenvalue weighted by molar-refractivity contribution is 5.88. The number of carbonyl (C=O) groups is 1. The summed E-state index contributed by atoms with van der Waals surface area (Å²) in [6.45, 7) is 5.46. The van der Waals surface area contributed by atoms with Crippen LogP contribution in [0.15, 0.2) is 24.9 Å². The lowest BCUT2D eigenvalue weighted by atomic mass is 10.1. The molecule has 3 heteroatoms. The Morgan fingerprint density at radius 3 is 2.83 bits per heavy atom. The van der Waals surface area contributed by atoms with Gasteiger partial charge in [-0.2, -0.15) is 0 Å². The lowest BCUT2D eigenvalue weighted by Crippen LogP contribution is -1.97. The molecule has 0 aliphatic heterocycles. The van der Waals surface area contributed by atoms with Crippen LogP contribution in [-0.2, 0) is 0 Å². The molecule has 1 aromatic heterocycles. The van der Waals surface area contributed by atoms with Crippen LogP contribution in [0, 0.1) is 0 Å². The third-order valence-electron chi connectivity index (χ3n) is 1.44. The number of aromatic carboxylic acids is 1. The van der Waals surface area contributed by atoms with Gasteiger partial charge < -0.3 is 5.11 Å². The van der Waals surface area contributed by atoms with Crippen molar-refractivity contribution in [2.24, 2.45) is 0 Å². The van der Waals surface area contributed by atoms with Crippen LogP contribution < -0.4 is 0 Å². The second-order valence-corrected chi connectivity index (χ2v) is 2.52. The summed E-state index contributed by atoms with van der Waals surface area (Å²) in [5.74, 6) is -0.945. The second-order valence-electron chi connectivity index (χ2n) is 2.52. The molecule has 0 fully saturated rings. The number of hydrogen-bond acceptors (Lipinski definition) is 2. The van der Waals surface area contributed by atoms with Gasteiger partial charge in [-0.1, -0.05) is 6.58 Å². The highest BCUT2D eigenvalue weighted by atomic mass is 16.4. The fourth-order valence-electron chi connectivity index (χ4n) is 0.797. The summed E-state index contributed by atoms with van der Waals surface area (Å²) in [7, 11) is 0.